The first-order valence-electron chi connectivity index (χ1n) is 16.3. The normalized spacial score (nSPS) is 13.9. The molecule has 5 N–H and O–H groups in total. The van der Waals surface area contributed by atoms with Crippen LogP contribution in [0.25, 0.3) is 0 Å². The number of carbonyl (C=O) groups is 5. The third-order valence-electron chi connectivity index (χ3n) is 8.57. The molecule has 0 aliphatic rings. The van der Waals surface area contributed by atoms with E-state index in [2.05, 4.69) is 21.3 Å². The van der Waals surface area contributed by atoms with Gasteiger partial charge in [-0.25, -0.2) is 9.59 Å². The van der Waals surface area contributed by atoms with Gasteiger partial charge in [0.1, 0.15) is 12.6 Å². The summed E-state index contributed by atoms with van der Waals surface area (Å²) in [6.45, 7) is 15.0. The number of rotatable bonds is 16. The van der Waals surface area contributed by atoms with E-state index in [4.69, 9.17) is 4.74 Å². The number of alkyl carbamates (subject to hydrolysis) is 1. The van der Waals surface area contributed by atoms with Gasteiger partial charge in [-0.15, -0.1) is 0 Å². The number of carboxylic acids is 1. The molecule has 0 fully saturated rings. The van der Waals surface area contributed by atoms with Gasteiger partial charge in [-0.1, -0.05) is 90.9 Å². The largest absolute Gasteiger partial charge is 0.478 e. The molecule has 268 valence electrons. The van der Waals surface area contributed by atoms with Crippen LogP contribution in [0.1, 0.15) is 72.1 Å². The minimum atomic E-state index is -1.06. The minimum Gasteiger partial charge on any atom is -0.478 e. The Hall–Kier alpha value is -4.71. The number of carboxylic acid groups (broad SMARTS) is 1. The highest BCUT2D eigenvalue weighted by Gasteiger charge is 2.41. The third-order valence-corrected chi connectivity index (χ3v) is 8.57. The molecule has 0 saturated heterocycles. The number of carbonyl (C=O) groups excluding carboxylic acids is 4. The number of anilines is 1. The summed E-state index contributed by atoms with van der Waals surface area (Å²) >= 11 is 0. The van der Waals surface area contributed by atoms with Crippen LogP contribution < -0.4 is 21.3 Å². The molecule has 0 bridgehead atoms. The summed E-state index contributed by atoms with van der Waals surface area (Å²) in [5.74, 6) is -1.82. The zero-order chi connectivity index (χ0) is 37.1. The van der Waals surface area contributed by atoms with Crippen LogP contribution in [0.5, 0.6) is 0 Å². The molecule has 0 aliphatic heterocycles. The van der Waals surface area contributed by atoms with Crippen molar-refractivity contribution in [2.75, 3.05) is 19.4 Å². The molecule has 3 unspecified atom stereocenters. The molecule has 0 aliphatic carbocycles. The molecule has 0 spiro atoms. The first kappa shape index (κ1) is 40.5. The van der Waals surface area contributed by atoms with E-state index in [0.717, 1.165) is 16.7 Å². The summed E-state index contributed by atoms with van der Waals surface area (Å²) in [6, 6.07) is 12.3. The predicted molar refractivity (Wildman–Crippen MR) is 190 cm³/mol. The van der Waals surface area contributed by atoms with E-state index >= 15 is 0 Å². The van der Waals surface area contributed by atoms with Crippen LogP contribution in [0.15, 0.2) is 60.2 Å². The summed E-state index contributed by atoms with van der Waals surface area (Å²) in [6.07, 6.45) is 1.56. The van der Waals surface area contributed by atoms with Crippen molar-refractivity contribution in [3.63, 3.8) is 0 Å². The van der Waals surface area contributed by atoms with E-state index in [1.54, 1.807) is 44.4 Å². The van der Waals surface area contributed by atoms with E-state index in [1.807, 2.05) is 72.7 Å². The lowest BCUT2D eigenvalue weighted by atomic mass is 9.76. The van der Waals surface area contributed by atoms with Crippen molar-refractivity contribution < 1.29 is 33.8 Å². The fourth-order valence-corrected chi connectivity index (χ4v) is 5.51. The van der Waals surface area contributed by atoms with Gasteiger partial charge in [-0.3, -0.25) is 14.4 Å². The number of likely N-dealkylation sites (N-methyl/N-ethyl adjacent to an activating group) is 2. The van der Waals surface area contributed by atoms with E-state index in [0.29, 0.717) is 12.1 Å². The maximum Gasteiger partial charge on any atom is 0.407 e. The van der Waals surface area contributed by atoms with Gasteiger partial charge in [0.2, 0.25) is 18.2 Å². The third kappa shape index (κ3) is 11.4. The summed E-state index contributed by atoms with van der Waals surface area (Å²) in [7, 11) is 3.32. The lowest BCUT2D eigenvalue weighted by Crippen LogP contribution is -2.61. The van der Waals surface area contributed by atoms with E-state index < -0.39 is 41.0 Å². The number of amides is 4. The Morgan fingerprint density at radius 2 is 1.59 bits per heavy atom. The van der Waals surface area contributed by atoms with Crippen LogP contribution >= 0.6 is 0 Å². The number of hydrogen-bond donors (Lipinski definition) is 5. The highest BCUT2D eigenvalue weighted by molar-refractivity contribution is 5.91. The van der Waals surface area contributed by atoms with Crippen LogP contribution in [-0.4, -0.2) is 72.5 Å². The average molecular weight is 680 g/mol. The predicted octanol–water partition coefficient (Wildman–Crippen LogP) is 4.59. The van der Waals surface area contributed by atoms with Gasteiger partial charge >= 0.3 is 12.1 Å². The SMILES string of the molecule is CNC(C(=O)NC(C(=O)N(C)C(/C=C(\C)C(=O)O)C(C)C)C(C)(C)C)C(C)(C)c1cccc(CNC(=O)OCc2ccc(NC=O)cc2)c1. The summed E-state index contributed by atoms with van der Waals surface area (Å²) in [5, 5.41) is 20.9. The molecule has 49 heavy (non-hydrogen) atoms. The van der Waals surface area contributed by atoms with Gasteiger partial charge in [0.15, 0.2) is 0 Å². The fourth-order valence-electron chi connectivity index (χ4n) is 5.51. The Kier molecular flexibility index (Phi) is 14.5. The quantitative estimate of drug-likeness (QED) is 0.127. The fraction of sp³-hybridized carbons (Fsp3) is 0.486. The number of aliphatic carboxylic acids is 1. The maximum absolute atomic E-state index is 14.0. The van der Waals surface area contributed by atoms with Gasteiger partial charge in [0.05, 0.1) is 12.1 Å². The number of hydrogen-bond acceptors (Lipinski definition) is 7. The molecule has 12 nitrogen and oxygen atoms in total. The monoisotopic (exact) mass is 679 g/mol. The van der Waals surface area contributed by atoms with Crippen molar-refractivity contribution in [1.29, 1.82) is 0 Å². The summed E-state index contributed by atoms with van der Waals surface area (Å²) in [4.78, 5) is 63.9. The molecule has 2 aromatic carbocycles. The Morgan fingerprint density at radius 3 is 2.12 bits per heavy atom. The zero-order valence-electron chi connectivity index (χ0n) is 30.3. The molecule has 2 aromatic rings. The Bertz CT molecular complexity index is 1500. The minimum absolute atomic E-state index is 0.0594. The first-order valence-corrected chi connectivity index (χ1v) is 16.3. The number of ether oxygens (including phenoxy) is 1. The van der Waals surface area contributed by atoms with Crippen LogP contribution in [0.3, 0.4) is 0 Å². The molecule has 0 saturated carbocycles. The van der Waals surface area contributed by atoms with Crippen molar-refractivity contribution in [3.05, 3.63) is 76.9 Å². The highest BCUT2D eigenvalue weighted by Crippen LogP contribution is 2.30. The summed E-state index contributed by atoms with van der Waals surface area (Å²) in [5.41, 5.74) is 1.76. The Morgan fingerprint density at radius 1 is 0.959 bits per heavy atom. The van der Waals surface area contributed by atoms with E-state index in [1.165, 1.54) is 11.8 Å². The lowest BCUT2D eigenvalue weighted by molar-refractivity contribution is -0.141. The van der Waals surface area contributed by atoms with Gasteiger partial charge in [-0.05, 0) is 54.1 Å². The maximum atomic E-state index is 14.0. The Balaban J connectivity index is 2.18. The molecule has 2 rings (SSSR count). The molecular formula is C37H53N5O7. The van der Waals surface area contributed by atoms with Crippen LogP contribution in [0.2, 0.25) is 0 Å². The summed E-state index contributed by atoms with van der Waals surface area (Å²) < 4.78 is 5.33. The van der Waals surface area contributed by atoms with Crippen LogP contribution in [0.4, 0.5) is 10.5 Å². The zero-order valence-corrected chi connectivity index (χ0v) is 30.3. The first-order chi connectivity index (χ1) is 22.8. The van der Waals surface area contributed by atoms with Crippen molar-refractivity contribution in [3.8, 4) is 0 Å². The highest BCUT2D eigenvalue weighted by atomic mass is 16.5. The van der Waals surface area contributed by atoms with Gasteiger partial charge in [-0.2, -0.15) is 0 Å². The van der Waals surface area contributed by atoms with Gasteiger partial charge in [0, 0.05) is 30.3 Å². The molecule has 12 heteroatoms. The molecule has 0 aromatic heterocycles. The van der Waals surface area contributed by atoms with E-state index in [9.17, 15) is 29.1 Å². The second kappa shape index (κ2) is 17.6. The second-order valence-corrected chi connectivity index (χ2v) is 14.2. The molecule has 0 radical (unpaired) electrons. The smallest absolute Gasteiger partial charge is 0.407 e. The Labute approximate surface area is 290 Å². The molecule has 0 heterocycles. The van der Waals surface area contributed by atoms with Gasteiger partial charge in [0.25, 0.3) is 0 Å². The number of nitrogens with one attached hydrogen (secondary N) is 4. The molecule has 3 atom stereocenters. The van der Waals surface area contributed by atoms with Gasteiger partial charge < -0.3 is 36.0 Å². The number of benzene rings is 2. The topological polar surface area (TPSA) is 166 Å². The van der Waals surface area contributed by atoms with E-state index in [-0.39, 0.29) is 36.5 Å². The van der Waals surface area contributed by atoms with Crippen molar-refractivity contribution in [2.45, 2.75) is 92.1 Å². The molecule has 4 amide bonds. The van der Waals surface area contributed by atoms with Crippen LogP contribution in [-0.2, 0) is 42.5 Å². The van der Waals surface area contributed by atoms with Crippen molar-refractivity contribution >= 4 is 36.0 Å². The van der Waals surface area contributed by atoms with Crippen molar-refractivity contribution in [2.24, 2.45) is 11.3 Å². The second-order valence-electron chi connectivity index (χ2n) is 14.2. The number of nitrogens with zero attached hydrogens (tertiary/aromatic N) is 1. The molecular weight excluding hydrogens is 626 g/mol. The van der Waals surface area contributed by atoms with Crippen molar-refractivity contribution in [1.82, 2.24) is 20.9 Å². The average Bonchev–Trinajstić information content (AvgIpc) is 3.03. The standard InChI is InChI=1S/C37H53N5O7/c1-23(2)29(18-24(3)34(46)47)42(10)33(45)31(36(4,5)6)41-32(44)30(38-9)37(7,8)27-13-11-12-26(19-27)20-39-35(48)49-21-25-14-16-28(17-15-25)40-22-43/h11-19,22-23,29-31,38H,20-21H2,1-10H3,(H,39,48)(H,40,43)(H,41,44)(H,46,47)/b24-18+. The van der Waals surface area contributed by atoms with Crippen LogP contribution in [0, 0.1) is 11.3 Å². The lowest BCUT2D eigenvalue weighted by Gasteiger charge is -2.40.